The largest absolute Gasteiger partial charge is 0.363 e. The van der Waals surface area contributed by atoms with Gasteiger partial charge in [0.05, 0.1) is 10.3 Å². The third-order valence-corrected chi connectivity index (χ3v) is 7.15. The van der Waals surface area contributed by atoms with Crippen molar-refractivity contribution >= 4 is 37.2 Å². The first-order valence-electron chi connectivity index (χ1n) is 8.68. The molecule has 2 heterocycles. The molecule has 0 bridgehead atoms. The van der Waals surface area contributed by atoms with E-state index in [4.69, 9.17) is 0 Å². The second kappa shape index (κ2) is 6.32. The Morgan fingerprint density at radius 2 is 1.88 bits per heavy atom. The normalized spacial score (nSPS) is 15.2. The SMILES string of the molecule is Cc1nc(NC(C)c2ccc(S(C)(=O)=O)cc2)c2c3c(sc2n1)CCC3. The molecular formula is C19H21N3O2S2. The summed E-state index contributed by atoms with van der Waals surface area (Å²) in [6.07, 6.45) is 4.65. The van der Waals surface area contributed by atoms with Crippen molar-refractivity contribution in [2.24, 2.45) is 0 Å². The Labute approximate surface area is 157 Å². The minimum absolute atomic E-state index is 0.0121. The molecule has 1 aliphatic rings. The van der Waals surface area contributed by atoms with Crippen LogP contribution in [0.5, 0.6) is 0 Å². The molecule has 0 fully saturated rings. The van der Waals surface area contributed by atoms with Crippen molar-refractivity contribution in [1.82, 2.24) is 9.97 Å². The van der Waals surface area contributed by atoms with Crippen LogP contribution in [0.25, 0.3) is 10.2 Å². The summed E-state index contributed by atoms with van der Waals surface area (Å²) in [4.78, 5) is 12.1. The highest BCUT2D eigenvalue weighted by atomic mass is 32.2. The Morgan fingerprint density at radius 1 is 1.15 bits per heavy atom. The molecule has 0 spiro atoms. The molecule has 26 heavy (non-hydrogen) atoms. The van der Waals surface area contributed by atoms with Crippen molar-refractivity contribution in [3.63, 3.8) is 0 Å². The van der Waals surface area contributed by atoms with Crippen molar-refractivity contribution in [2.75, 3.05) is 11.6 Å². The van der Waals surface area contributed by atoms with Crippen LogP contribution in [0.4, 0.5) is 5.82 Å². The third-order valence-electron chi connectivity index (χ3n) is 4.84. The average Bonchev–Trinajstić information content (AvgIpc) is 3.14. The van der Waals surface area contributed by atoms with E-state index in [-0.39, 0.29) is 6.04 Å². The Balaban J connectivity index is 1.68. The van der Waals surface area contributed by atoms with Gasteiger partial charge in [0.25, 0.3) is 0 Å². The summed E-state index contributed by atoms with van der Waals surface area (Å²) in [5, 5.41) is 4.68. The third kappa shape index (κ3) is 3.10. The van der Waals surface area contributed by atoms with Gasteiger partial charge in [-0.1, -0.05) is 12.1 Å². The zero-order chi connectivity index (χ0) is 18.5. The lowest BCUT2D eigenvalue weighted by Gasteiger charge is -2.17. The van der Waals surface area contributed by atoms with Crippen LogP contribution in [-0.2, 0) is 22.7 Å². The predicted molar refractivity (Wildman–Crippen MR) is 106 cm³/mol. The highest BCUT2D eigenvalue weighted by molar-refractivity contribution is 7.90. The topological polar surface area (TPSA) is 72.0 Å². The number of hydrogen-bond donors (Lipinski definition) is 1. The molecule has 3 aromatic rings. The molecule has 1 unspecified atom stereocenters. The first-order valence-corrected chi connectivity index (χ1v) is 11.4. The maximum atomic E-state index is 11.6. The van der Waals surface area contributed by atoms with Crippen LogP contribution in [0, 0.1) is 6.92 Å². The van der Waals surface area contributed by atoms with Crippen LogP contribution >= 0.6 is 11.3 Å². The number of benzene rings is 1. The van der Waals surface area contributed by atoms with Gasteiger partial charge in [-0.25, -0.2) is 18.4 Å². The molecule has 4 rings (SSSR count). The van der Waals surface area contributed by atoms with Crippen LogP contribution in [-0.4, -0.2) is 24.6 Å². The lowest BCUT2D eigenvalue weighted by Crippen LogP contribution is -2.10. The number of thiophene rings is 1. The van der Waals surface area contributed by atoms with Crippen molar-refractivity contribution in [3.8, 4) is 0 Å². The minimum Gasteiger partial charge on any atom is -0.363 e. The van der Waals surface area contributed by atoms with Crippen LogP contribution in [0.2, 0.25) is 0 Å². The zero-order valence-electron chi connectivity index (χ0n) is 15.0. The Kier molecular flexibility index (Phi) is 4.23. The van der Waals surface area contributed by atoms with E-state index in [9.17, 15) is 8.42 Å². The van der Waals surface area contributed by atoms with E-state index in [1.54, 1.807) is 23.5 Å². The average molecular weight is 388 g/mol. The number of rotatable bonds is 4. The van der Waals surface area contributed by atoms with Crippen LogP contribution < -0.4 is 5.32 Å². The quantitative estimate of drug-likeness (QED) is 0.731. The second-order valence-electron chi connectivity index (χ2n) is 6.86. The standard InChI is InChI=1S/C19H21N3O2S2/c1-11(13-7-9-14(10-8-13)26(3,23)24)20-18-17-15-5-4-6-16(15)25-19(17)22-12(2)21-18/h7-11H,4-6H2,1-3H3,(H,20,21,22). The molecule has 2 aromatic heterocycles. The van der Waals surface area contributed by atoms with E-state index in [0.29, 0.717) is 4.90 Å². The van der Waals surface area contributed by atoms with E-state index in [2.05, 4.69) is 22.2 Å². The molecule has 0 saturated carbocycles. The molecule has 136 valence electrons. The van der Waals surface area contributed by atoms with Crippen LogP contribution in [0.3, 0.4) is 0 Å². The molecule has 1 aromatic carbocycles. The summed E-state index contributed by atoms with van der Waals surface area (Å²) in [5.41, 5.74) is 2.42. The molecule has 0 saturated heterocycles. The summed E-state index contributed by atoms with van der Waals surface area (Å²) in [6.45, 7) is 3.98. The van der Waals surface area contributed by atoms with Gasteiger partial charge in [-0.05, 0) is 56.4 Å². The van der Waals surface area contributed by atoms with Gasteiger partial charge < -0.3 is 5.32 Å². The molecule has 1 atom stereocenters. The highest BCUT2D eigenvalue weighted by Gasteiger charge is 2.22. The minimum atomic E-state index is -3.18. The fourth-order valence-electron chi connectivity index (χ4n) is 3.50. The molecule has 7 heteroatoms. The first kappa shape index (κ1) is 17.4. The molecule has 1 aliphatic carbocycles. The molecule has 0 aliphatic heterocycles. The van der Waals surface area contributed by atoms with Gasteiger partial charge in [-0.15, -0.1) is 11.3 Å². The molecule has 5 nitrogen and oxygen atoms in total. The molecule has 1 N–H and O–H groups in total. The number of fused-ring (bicyclic) bond motifs is 3. The molecule has 0 amide bonds. The van der Waals surface area contributed by atoms with Crippen LogP contribution in [0.1, 0.15) is 41.2 Å². The van der Waals surface area contributed by atoms with Gasteiger partial charge in [0.2, 0.25) is 0 Å². The number of nitrogens with one attached hydrogen (secondary N) is 1. The van der Waals surface area contributed by atoms with E-state index >= 15 is 0 Å². The number of anilines is 1. The van der Waals surface area contributed by atoms with Gasteiger partial charge in [-0.3, -0.25) is 0 Å². The number of aryl methyl sites for hydroxylation is 3. The van der Waals surface area contributed by atoms with Gasteiger partial charge >= 0.3 is 0 Å². The van der Waals surface area contributed by atoms with Gasteiger partial charge in [0.1, 0.15) is 16.5 Å². The van der Waals surface area contributed by atoms with Crippen molar-refractivity contribution < 1.29 is 8.42 Å². The van der Waals surface area contributed by atoms with E-state index in [1.807, 2.05) is 19.1 Å². The zero-order valence-corrected chi connectivity index (χ0v) is 16.7. The van der Waals surface area contributed by atoms with E-state index in [0.717, 1.165) is 40.3 Å². The van der Waals surface area contributed by atoms with Gasteiger partial charge in [0, 0.05) is 17.2 Å². The summed E-state index contributed by atoms with van der Waals surface area (Å²) >= 11 is 1.78. The van der Waals surface area contributed by atoms with Gasteiger partial charge in [0.15, 0.2) is 9.84 Å². The lowest BCUT2D eigenvalue weighted by molar-refractivity contribution is 0.602. The Bertz CT molecular complexity index is 1090. The summed E-state index contributed by atoms with van der Waals surface area (Å²) in [6, 6.07) is 7.05. The number of aromatic nitrogens is 2. The van der Waals surface area contributed by atoms with Crippen molar-refractivity contribution in [2.45, 2.75) is 44.0 Å². The summed E-state index contributed by atoms with van der Waals surface area (Å²) < 4.78 is 23.3. The fourth-order valence-corrected chi connectivity index (χ4v) is 5.44. The molecular weight excluding hydrogens is 366 g/mol. The second-order valence-corrected chi connectivity index (χ2v) is 9.96. The fraction of sp³-hybridized carbons (Fsp3) is 0.368. The maximum Gasteiger partial charge on any atom is 0.175 e. The number of hydrogen-bond acceptors (Lipinski definition) is 6. The first-order chi connectivity index (χ1) is 12.3. The number of nitrogens with zero attached hydrogens (tertiary/aromatic N) is 2. The highest BCUT2D eigenvalue weighted by Crippen LogP contribution is 2.40. The summed E-state index contributed by atoms with van der Waals surface area (Å²) in [7, 11) is -3.18. The Morgan fingerprint density at radius 3 is 2.58 bits per heavy atom. The predicted octanol–water partition coefficient (Wildman–Crippen LogP) is 4.07. The maximum absolute atomic E-state index is 11.6. The smallest absolute Gasteiger partial charge is 0.175 e. The Hall–Kier alpha value is -1.99. The summed E-state index contributed by atoms with van der Waals surface area (Å²) in [5.74, 6) is 1.64. The van der Waals surface area contributed by atoms with Gasteiger partial charge in [-0.2, -0.15) is 0 Å². The van der Waals surface area contributed by atoms with Crippen molar-refractivity contribution in [3.05, 3.63) is 46.1 Å². The number of sulfone groups is 1. The lowest BCUT2D eigenvalue weighted by atomic mass is 10.1. The van der Waals surface area contributed by atoms with E-state index in [1.165, 1.54) is 23.1 Å². The molecule has 0 radical (unpaired) electrons. The van der Waals surface area contributed by atoms with Crippen molar-refractivity contribution in [1.29, 1.82) is 0 Å². The van der Waals surface area contributed by atoms with Crippen LogP contribution in [0.15, 0.2) is 29.2 Å². The monoisotopic (exact) mass is 387 g/mol. The van der Waals surface area contributed by atoms with E-state index < -0.39 is 9.84 Å².